The molecule has 6 heterocycles. The van der Waals surface area contributed by atoms with Crippen LogP contribution in [-0.4, -0.2) is 96.0 Å². The first-order valence-corrected chi connectivity index (χ1v) is 26.3. The SMILES string of the molecule is [2H]C([2H])([2H])C(C)([C@H](NC(=O)c1cc2cc(OC3CC(NC(=O)C[C@@H]4N=C(c5ccc(Cl)cc5)c5c(sc(C)c5C)-n5c(C)nnc54)C3)ccc2o1)C(=O)N1C[C@H](O)C[C@H]1C(=O)N[C@@H](C)c1ccc(-c2scnc2C)cc1)C([2H])([2H])[2H]. The van der Waals surface area contributed by atoms with E-state index in [1.54, 1.807) is 42.0 Å². The third-order valence-corrected chi connectivity index (χ3v) is 16.4. The minimum Gasteiger partial charge on any atom is -0.490 e. The number of likely N-dealkylation sites (tertiary alicyclic amines) is 1. The molecule has 3 aliphatic rings. The Labute approximate surface area is 450 Å². The minimum absolute atomic E-state index is 0.0157. The number of furan rings is 1. The van der Waals surface area contributed by atoms with Crippen molar-refractivity contribution in [3.8, 4) is 21.2 Å². The molecule has 5 atom stereocenters. The number of amides is 4. The standard InChI is InChI=1S/C55H58ClN9O7S2/c1-27-30(4)74-54-46(27)47(33-13-15-36(56)16-14-33)60-41(50-63-62-31(5)65(50)54)24-45(67)59-37-21-40(22-37)71-39-17-18-43-35(19-39)20-44(72-43)52(69)61-49(55(6,7)8)53(70)64-25-38(66)23-42(64)51(68)58-28(2)32-9-11-34(12-10-32)48-29(3)57-26-73-48/h9-20,26,28,37-38,40-42,49,66H,21-25H2,1-8H3,(H,58,68)(H,59,67)(H,61,69)/t28-,37?,38+,40?,41-,42-,49+/m0/s1/i6D3,7D3. The number of nitrogens with one attached hydrogen (secondary N) is 3. The fourth-order valence-corrected chi connectivity index (χ4v) is 11.9. The van der Waals surface area contributed by atoms with Crippen LogP contribution < -0.4 is 20.7 Å². The van der Waals surface area contributed by atoms with Crippen molar-refractivity contribution in [1.82, 2.24) is 40.6 Å². The highest BCUT2D eigenvalue weighted by molar-refractivity contribution is 7.15. The van der Waals surface area contributed by atoms with Crippen LogP contribution in [0.4, 0.5) is 0 Å². The molecule has 4 amide bonds. The molecule has 0 unspecified atom stereocenters. The Kier molecular flexibility index (Phi) is 11.9. The molecule has 0 radical (unpaired) electrons. The van der Waals surface area contributed by atoms with Gasteiger partial charge in [-0.3, -0.25) is 28.7 Å². The van der Waals surface area contributed by atoms with Gasteiger partial charge < -0.3 is 35.1 Å². The number of aliphatic hydroxyl groups excluding tert-OH is 1. The summed E-state index contributed by atoms with van der Waals surface area (Å²) >= 11 is 9.40. The van der Waals surface area contributed by atoms with Gasteiger partial charge in [-0.05, 0) is 93.1 Å². The predicted molar refractivity (Wildman–Crippen MR) is 285 cm³/mol. The fraction of sp³-hybridized carbons (Fsp3) is 0.382. The van der Waals surface area contributed by atoms with E-state index in [2.05, 4.69) is 45.0 Å². The molecule has 74 heavy (non-hydrogen) atoms. The molecule has 1 aliphatic carbocycles. The van der Waals surface area contributed by atoms with Crippen molar-refractivity contribution in [3.05, 3.63) is 134 Å². The molecule has 19 heteroatoms. The zero-order chi connectivity index (χ0) is 57.3. The van der Waals surface area contributed by atoms with Gasteiger partial charge in [0.25, 0.3) is 5.91 Å². The average Bonchev–Trinajstić information content (AvgIpc) is 4.40. The van der Waals surface area contributed by atoms with Gasteiger partial charge in [-0.2, -0.15) is 0 Å². The van der Waals surface area contributed by atoms with Gasteiger partial charge in [-0.15, -0.1) is 32.9 Å². The minimum atomic E-state index is -3.37. The highest BCUT2D eigenvalue weighted by Gasteiger charge is 2.45. The number of carbonyl (C=O) groups excluding carboxylic acids is 4. The number of halogens is 1. The second-order valence-electron chi connectivity index (χ2n) is 19.5. The van der Waals surface area contributed by atoms with Gasteiger partial charge in [0.05, 0.1) is 40.4 Å². The molecular formula is C55H58ClN9O7S2. The lowest BCUT2D eigenvalue weighted by Gasteiger charge is -2.36. The quantitative estimate of drug-likeness (QED) is 0.0862. The van der Waals surface area contributed by atoms with E-state index in [1.165, 1.54) is 17.4 Å². The second kappa shape index (κ2) is 20.2. The van der Waals surface area contributed by atoms with Crippen LogP contribution in [0.5, 0.6) is 5.75 Å². The Bertz CT molecular complexity index is 3560. The van der Waals surface area contributed by atoms with Crippen LogP contribution >= 0.6 is 34.3 Å². The van der Waals surface area contributed by atoms with E-state index in [9.17, 15) is 24.3 Å². The number of aliphatic hydroxyl groups is 1. The molecule has 0 bridgehead atoms. The lowest BCUT2D eigenvalue weighted by atomic mass is 9.85. The number of benzene rings is 3. The average molecular weight is 1060 g/mol. The van der Waals surface area contributed by atoms with Crippen LogP contribution in [0.1, 0.15) is 129 Å². The van der Waals surface area contributed by atoms with Gasteiger partial charge in [0, 0.05) is 66.5 Å². The molecule has 3 aromatic carbocycles. The zero-order valence-electron chi connectivity index (χ0n) is 47.4. The van der Waals surface area contributed by atoms with E-state index < -0.39 is 73.7 Å². The summed E-state index contributed by atoms with van der Waals surface area (Å²) in [4.78, 5) is 69.3. The lowest BCUT2D eigenvalue weighted by molar-refractivity contribution is -0.142. The highest BCUT2D eigenvalue weighted by atomic mass is 35.5. The maximum Gasteiger partial charge on any atom is 0.287 e. The molecule has 384 valence electrons. The Morgan fingerprint density at radius 1 is 0.973 bits per heavy atom. The van der Waals surface area contributed by atoms with E-state index in [0.717, 1.165) is 65.8 Å². The first-order chi connectivity index (χ1) is 37.8. The summed E-state index contributed by atoms with van der Waals surface area (Å²) in [7, 11) is 0. The van der Waals surface area contributed by atoms with E-state index in [-0.39, 0.29) is 42.2 Å². The van der Waals surface area contributed by atoms with Crippen LogP contribution in [0, 0.1) is 33.1 Å². The van der Waals surface area contributed by atoms with E-state index in [1.807, 2.05) is 66.9 Å². The van der Waals surface area contributed by atoms with E-state index in [4.69, 9.17) is 34.0 Å². The predicted octanol–water partition coefficient (Wildman–Crippen LogP) is 9.08. The summed E-state index contributed by atoms with van der Waals surface area (Å²) in [5, 5.41) is 30.1. The number of ether oxygens (including phenoxy) is 1. The van der Waals surface area contributed by atoms with Gasteiger partial charge in [0.1, 0.15) is 46.4 Å². The number of aryl methyl sites for hydroxylation is 3. The van der Waals surface area contributed by atoms with Crippen molar-refractivity contribution < 1.29 is 41.7 Å². The van der Waals surface area contributed by atoms with Crippen LogP contribution in [0.2, 0.25) is 5.02 Å². The van der Waals surface area contributed by atoms with Gasteiger partial charge in [0.2, 0.25) is 17.7 Å². The summed E-state index contributed by atoms with van der Waals surface area (Å²) < 4.78 is 64.9. The topological polar surface area (TPSA) is 206 Å². The Morgan fingerprint density at radius 3 is 2.43 bits per heavy atom. The third-order valence-electron chi connectivity index (χ3n) is 14.0. The summed E-state index contributed by atoms with van der Waals surface area (Å²) in [6, 6.07) is 16.1. The number of thiazole rings is 1. The monoisotopic (exact) mass is 1060 g/mol. The van der Waals surface area contributed by atoms with Gasteiger partial charge in [-0.25, -0.2) is 4.98 Å². The van der Waals surface area contributed by atoms with Crippen molar-refractivity contribution in [3.63, 3.8) is 0 Å². The molecule has 4 aromatic heterocycles. The molecule has 1 saturated carbocycles. The van der Waals surface area contributed by atoms with Gasteiger partial charge in [0.15, 0.2) is 11.6 Å². The fourth-order valence-electron chi connectivity index (χ4n) is 9.80. The van der Waals surface area contributed by atoms with Crippen molar-refractivity contribution >= 4 is 74.6 Å². The number of rotatable bonds is 13. The lowest BCUT2D eigenvalue weighted by Crippen LogP contribution is -2.57. The van der Waals surface area contributed by atoms with Crippen LogP contribution in [0.25, 0.3) is 26.4 Å². The van der Waals surface area contributed by atoms with Crippen molar-refractivity contribution in [2.75, 3.05) is 6.54 Å². The normalized spacial score (nSPS) is 21.7. The van der Waals surface area contributed by atoms with Gasteiger partial charge >= 0.3 is 0 Å². The molecule has 2 aliphatic heterocycles. The number of aliphatic imine (C=N–C) groups is 1. The van der Waals surface area contributed by atoms with Crippen molar-refractivity contribution in [2.24, 2.45) is 10.4 Å². The number of fused-ring (bicyclic) bond motifs is 4. The Balaban J connectivity index is 0.804. The van der Waals surface area contributed by atoms with Crippen LogP contribution in [0.15, 0.2) is 87.7 Å². The van der Waals surface area contributed by atoms with Crippen LogP contribution in [0.3, 0.4) is 0 Å². The summed E-state index contributed by atoms with van der Waals surface area (Å²) in [6.07, 6.45) is -0.731. The number of aromatic nitrogens is 4. The van der Waals surface area contributed by atoms with Gasteiger partial charge in [-0.1, -0.05) is 68.6 Å². The molecular weight excluding hydrogens is 998 g/mol. The molecule has 1 saturated heterocycles. The van der Waals surface area contributed by atoms with Crippen LogP contribution in [-0.2, 0) is 14.4 Å². The highest BCUT2D eigenvalue weighted by Crippen LogP contribution is 2.40. The maximum atomic E-state index is 14.8. The third kappa shape index (κ3) is 10.1. The summed E-state index contributed by atoms with van der Waals surface area (Å²) in [5.74, 6) is -1.87. The number of hydrogen-bond acceptors (Lipinski definition) is 13. The molecule has 4 N–H and O–H groups in total. The maximum absolute atomic E-state index is 14.8. The smallest absolute Gasteiger partial charge is 0.287 e. The molecule has 10 rings (SSSR count). The van der Waals surface area contributed by atoms with Crippen molar-refractivity contribution in [2.45, 2.75) is 123 Å². The summed E-state index contributed by atoms with van der Waals surface area (Å²) in [5.41, 5.74) is 5.29. The molecule has 2 fully saturated rings. The van der Waals surface area contributed by atoms with E-state index in [0.29, 0.717) is 40.6 Å². The summed E-state index contributed by atoms with van der Waals surface area (Å²) in [6.45, 7) is 3.35. The zero-order valence-corrected chi connectivity index (χ0v) is 43.7. The molecule has 16 nitrogen and oxygen atoms in total. The van der Waals surface area contributed by atoms with E-state index >= 15 is 0 Å². The number of hydrogen-bond donors (Lipinski definition) is 4. The Hall–Kier alpha value is -6.73. The number of nitrogens with zero attached hydrogens (tertiary/aromatic N) is 6. The number of thiophene rings is 1. The molecule has 7 aromatic rings. The largest absolute Gasteiger partial charge is 0.490 e. The Morgan fingerprint density at radius 2 is 1.72 bits per heavy atom. The molecule has 0 spiro atoms. The first-order valence-electron chi connectivity index (χ1n) is 27.3. The van der Waals surface area contributed by atoms with Crippen molar-refractivity contribution in [1.29, 1.82) is 0 Å². The number of β-amino-alcohol motifs (C(OH)–C–C–N with tert-alkyl or cyclic N) is 1. The number of carbonyl (C=O) groups is 4. The first kappa shape index (κ1) is 43.6. The second-order valence-corrected chi connectivity index (χ2v) is 22.0.